The van der Waals surface area contributed by atoms with E-state index >= 15 is 0 Å². The zero-order chi connectivity index (χ0) is 17.3. The fourth-order valence-corrected chi connectivity index (χ4v) is 2.97. The Labute approximate surface area is 137 Å². The van der Waals surface area contributed by atoms with Crippen LogP contribution >= 0.6 is 0 Å². The van der Waals surface area contributed by atoms with Crippen molar-refractivity contribution in [3.05, 3.63) is 30.1 Å². The van der Waals surface area contributed by atoms with Gasteiger partial charge >= 0.3 is 6.03 Å². The molecule has 0 unspecified atom stereocenters. The van der Waals surface area contributed by atoms with Crippen LogP contribution in [0.2, 0.25) is 0 Å². The van der Waals surface area contributed by atoms with Crippen molar-refractivity contribution in [1.29, 1.82) is 0 Å². The minimum absolute atomic E-state index is 0.199. The van der Waals surface area contributed by atoms with Crippen molar-refractivity contribution in [2.24, 2.45) is 0 Å². The average Bonchev–Trinajstić information content (AvgIpc) is 2.97. The molecule has 24 heavy (non-hydrogen) atoms. The van der Waals surface area contributed by atoms with Crippen LogP contribution in [0.1, 0.15) is 6.42 Å². The van der Waals surface area contributed by atoms with Gasteiger partial charge in [0.05, 0.1) is 12.6 Å². The SMILES string of the molecule is O=C(Nc1ccc(F)cc1)N[C@H]1C[C@H]2C(=O)N[C@H](CO)C(=O)N2C1. The third-order valence-corrected chi connectivity index (χ3v) is 4.12. The molecule has 128 valence electrons. The zero-order valence-corrected chi connectivity index (χ0v) is 12.7. The molecule has 0 radical (unpaired) electrons. The summed E-state index contributed by atoms with van der Waals surface area (Å²) in [5.41, 5.74) is 0.429. The van der Waals surface area contributed by atoms with E-state index in [0.717, 1.165) is 0 Å². The van der Waals surface area contributed by atoms with Crippen LogP contribution in [-0.2, 0) is 9.59 Å². The van der Waals surface area contributed by atoms with E-state index in [1.807, 2.05) is 0 Å². The first kappa shape index (κ1) is 16.2. The number of urea groups is 1. The second-order valence-corrected chi connectivity index (χ2v) is 5.79. The average molecular weight is 336 g/mol. The summed E-state index contributed by atoms with van der Waals surface area (Å²) in [4.78, 5) is 37.5. The van der Waals surface area contributed by atoms with E-state index in [0.29, 0.717) is 12.1 Å². The van der Waals surface area contributed by atoms with Gasteiger partial charge in [-0.3, -0.25) is 9.59 Å². The van der Waals surface area contributed by atoms with Crippen LogP contribution in [0, 0.1) is 5.82 Å². The third kappa shape index (κ3) is 3.16. The van der Waals surface area contributed by atoms with Crippen molar-refractivity contribution in [2.75, 3.05) is 18.5 Å². The molecule has 0 spiro atoms. The number of halogens is 1. The Morgan fingerprint density at radius 2 is 2.04 bits per heavy atom. The minimum atomic E-state index is -0.930. The largest absolute Gasteiger partial charge is 0.394 e. The zero-order valence-electron chi connectivity index (χ0n) is 12.7. The van der Waals surface area contributed by atoms with E-state index in [1.165, 1.54) is 29.2 Å². The number of carbonyl (C=O) groups excluding carboxylic acids is 3. The molecule has 9 heteroatoms. The molecule has 2 aliphatic heterocycles. The number of piperazine rings is 1. The van der Waals surface area contributed by atoms with Crippen molar-refractivity contribution < 1.29 is 23.9 Å². The number of hydrogen-bond donors (Lipinski definition) is 4. The van der Waals surface area contributed by atoms with E-state index in [9.17, 15) is 18.8 Å². The normalized spacial score (nSPS) is 25.9. The first-order valence-corrected chi connectivity index (χ1v) is 7.52. The minimum Gasteiger partial charge on any atom is -0.394 e. The van der Waals surface area contributed by atoms with E-state index in [-0.39, 0.29) is 24.4 Å². The van der Waals surface area contributed by atoms with Crippen molar-refractivity contribution in [3.63, 3.8) is 0 Å². The molecule has 2 aliphatic rings. The van der Waals surface area contributed by atoms with Gasteiger partial charge in [-0.25, -0.2) is 9.18 Å². The number of carbonyl (C=O) groups is 3. The topological polar surface area (TPSA) is 111 Å². The predicted molar refractivity (Wildman–Crippen MR) is 81.5 cm³/mol. The van der Waals surface area contributed by atoms with Crippen molar-refractivity contribution in [3.8, 4) is 0 Å². The monoisotopic (exact) mass is 336 g/mol. The summed E-state index contributed by atoms with van der Waals surface area (Å²) < 4.78 is 12.8. The number of hydrogen-bond acceptors (Lipinski definition) is 4. The number of amides is 4. The van der Waals surface area contributed by atoms with Crippen molar-refractivity contribution >= 4 is 23.5 Å². The lowest BCUT2D eigenvalue weighted by molar-refractivity contribution is -0.148. The number of anilines is 1. The van der Waals surface area contributed by atoms with Crippen LogP contribution in [0.25, 0.3) is 0 Å². The number of aliphatic hydroxyl groups excluding tert-OH is 1. The van der Waals surface area contributed by atoms with Gasteiger partial charge < -0.3 is 26.0 Å². The Hall–Kier alpha value is -2.68. The van der Waals surface area contributed by atoms with Crippen molar-refractivity contribution in [2.45, 2.75) is 24.5 Å². The highest BCUT2D eigenvalue weighted by Crippen LogP contribution is 2.22. The van der Waals surface area contributed by atoms with Gasteiger partial charge in [0, 0.05) is 12.2 Å². The third-order valence-electron chi connectivity index (χ3n) is 4.12. The van der Waals surface area contributed by atoms with Crippen LogP contribution in [-0.4, -0.2) is 59.1 Å². The Morgan fingerprint density at radius 1 is 1.33 bits per heavy atom. The van der Waals surface area contributed by atoms with E-state index in [1.54, 1.807) is 0 Å². The predicted octanol–water partition coefficient (Wildman–Crippen LogP) is -0.593. The maximum absolute atomic E-state index is 12.8. The van der Waals surface area contributed by atoms with Gasteiger partial charge in [-0.05, 0) is 30.7 Å². The van der Waals surface area contributed by atoms with Gasteiger partial charge in [0.2, 0.25) is 11.8 Å². The second-order valence-electron chi connectivity index (χ2n) is 5.79. The number of aliphatic hydroxyl groups is 1. The maximum atomic E-state index is 12.8. The molecular weight excluding hydrogens is 319 g/mol. The molecule has 2 saturated heterocycles. The van der Waals surface area contributed by atoms with E-state index in [4.69, 9.17) is 5.11 Å². The van der Waals surface area contributed by atoms with Gasteiger partial charge in [0.15, 0.2) is 0 Å². The fraction of sp³-hybridized carbons (Fsp3) is 0.400. The smallest absolute Gasteiger partial charge is 0.319 e. The molecule has 0 saturated carbocycles. The summed E-state index contributed by atoms with van der Waals surface area (Å²) in [5.74, 6) is -1.10. The maximum Gasteiger partial charge on any atom is 0.319 e. The first-order valence-electron chi connectivity index (χ1n) is 7.52. The van der Waals surface area contributed by atoms with Crippen LogP contribution in [0.15, 0.2) is 24.3 Å². The van der Waals surface area contributed by atoms with Crippen molar-refractivity contribution in [1.82, 2.24) is 15.5 Å². The van der Waals surface area contributed by atoms with Gasteiger partial charge in [-0.15, -0.1) is 0 Å². The standard InChI is InChI=1S/C15H17FN4O4/c16-8-1-3-9(4-2-8)17-15(24)18-10-5-12-13(22)19-11(7-21)14(23)20(12)6-10/h1-4,10-12,21H,5-7H2,(H,19,22)(H2,17,18,24)/t10-,11+,12-/m0/s1. The summed E-state index contributed by atoms with van der Waals surface area (Å²) in [6.45, 7) is -0.263. The van der Waals surface area contributed by atoms with E-state index in [2.05, 4.69) is 16.0 Å². The fourth-order valence-electron chi connectivity index (χ4n) is 2.97. The van der Waals surface area contributed by atoms with Crippen LogP contribution < -0.4 is 16.0 Å². The number of benzene rings is 1. The molecule has 2 fully saturated rings. The molecule has 0 aliphatic carbocycles. The van der Waals surface area contributed by atoms with Gasteiger partial charge in [0.25, 0.3) is 0 Å². The van der Waals surface area contributed by atoms with Gasteiger partial charge in [0.1, 0.15) is 17.9 Å². The lowest BCUT2D eigenvalue weighted by Gasteiger charge is -2.33. The summed E-state index contributed by atoms with van der Waals surface area (Å²) in [7, 11) is 0. The number of nitrogens with one attached hydrogen (secondary N) is 3. The lowest BCUT2D eigenvalue weighted by atomic mass is 10.1. The Balaban J connectivity index is 1.59. The van der Waals surface area contributed by atoms with Gasteiger partial charge in [-0.1, -0.05) is 0 Å². The highest BCUT2D eigenvalue weighted by molar-refractivity contribution is 5.98. The Kier molecular flexibility index (Phi) is 4.34. The van der Waals surface area contributed by atoms with E-state index < -0.39 is 30.5 Å². The van der Waals surface area contributed by atoms with Crippen LogP contribution in [0.4, 0.5) is 14.9 Å². The molecular formula is C15H17FN4O4. The first-order chi connectivity index (χ1) is 11.5. The lowest BCUT2D eigenvalue weighted by Crippen LogP contribution is -2.62. The molecule has 3 atom stereocenters. The molecule has 4 N–H and O–H groups in total. The summed E-state index contributed by atoms with van der Waals surface area (Å²) in [5, 5.41) is 16.8. The molecule has 3 rings (SSSR count). The second kappa shape index (κ2) is 6.44. The highest BCUT2D eigenvalue weighted by atomic mass is 19.1. The molecule has 1 aromatic rings. The summed E-state index contributed by atoms with van der Waals surface area (Å²) in [6.07, 6.45) is 0.298. The quantitative estimate of drug-likeness (QED) is 0.591. The molecule has 2 heterocycles. The van der Waals surface area contributed by atoms with Crippen LogP contribution in [0.3, 0.4) is 0 Å². The number of fused-ring (bicyclic) bond motifs is 1. The molecule has 0 aromatic heterocycles. The highest BCUT2D eigenvalue weighted by Gasteiger charge is 2.46. The van der Waals surface area contributed by atoms with Gasteiger partial charge in [-0.2, -0.15) is 0 Å². The Morgan fingerprint density at radius 3 is 2.71 bits per heavy atom. The molecule has 0 bridgehead atoms. The summed E-state index contributed by atoms with van der Waals surface area (Å²) >= 11 is 0. The van der Waals surface area contributed by atoms with Crippen LogP contribution in [0.5, 0.6) is 0 Å². The molecule has 4 amide bonds. The molecule has 8 nitrogen and oxygen atoms in total. The molecule has 1 aromatic carbocycles. The summed E-state index contributed by atoms with van der Waals surface area (Å²) in [6, 6.07) is 2.84. The number of rotatable bonds is 3. The Bertz CT molecular complexity index is 666. The number of nitrogens with zero attached hydrogens (tertiary/aromatic N) is 1.